The van der Waals surface area contributed by atoms with Gasteiger partial charge in [0, 0.05) is 24.8 Å². The molecule has 0 fully saturated rings. The van der Waals surface area contributed by atoms with Crippen molar-refractivity contribution < 1.29 is 0 Å². The lowest BCUT2D eigenvalue weighted by atomic mass is 10.0. The number of nitrogens with one attached hydrogen (secondary N) is 1. The second-order valence-electron chi connectivity index (χ2n) is 5.85. The van der Waals surface area contributed by atoms with Gasteiger partial charge in [0.05, 0.1) is 0 Å². The van der Waals surface area contributed by atoms with Crippen molar-refractivity contribution in [2.24, 2.45) is 0 Å². The van der Waals surface area contributed by atoms with E-state index in [-0.39, 0.29) is 0 Å². The normalized spacial score (nSPS) is 15.0. The first-order valence-electron chi connectivity index (χ1n) is 7.90. The minimum atomic E-state index is 0.391. The summed E-state index contributed by atoms with van der Waals surface area (Å²) >= 11 is 0. The van der Waals surface area contributed by atoms with Gasteiger partial charge in [-0.1, -0.05) is 55.0 Å². The molecule has 0 saturated carbocycles. The van der Waals surface area contributed by atoms with Crippen molar-refractivity contribution in [1.82, 2.24) is 5.32 Å². The molecule has 110 valence electrons. The third-order valence-corrected chi connectivity index (χ3v) is 4.32. The highest BCUT2D eigenvalue weighted by Gasteiger charge is 2.22. The molecular formula is C19H24N2. The van der Waals surface area contributed by atoms with E-state index in [1.165, 1.54) is 28.8 Å². The van der Waals surface area contributed by atoms with E-state index < -0.39 is 0 Å². The molecule has 0 amide bonds. The van der Waals surface area contributed by atoms with Crippen LogP contribution in [0.2, 0.25) is 0 Å². The van der Waals surface area contributed by atoms with E-state index in [1.54, 1.807) is 0 Å². The smallest absolute Gasteiger partial charge is 0.0498 e. The van der Waals surface area contributed by atoms with Crippen LogP contribution in [-0.4, -0.2) is 19.6 Å². The molecule has 1 unspecified atom stereocenters. The Hall–Kier alpha value is -1.80. The number of hydrogen-bond donors (Lipinski definition) is 1. The Kier molecular flexibility index (Phi) is 4.26. The number of rotatable bonds is 5. The topological polar surface area (TPSA) is 15.3 Å². The zero-order chi connectivity index (χ0) is 14.7. The van der Waals surface area contributed by atoms with Crippen LogP contribution in [0.3, 0.4) is 0 Å². The van der Waals surface area contributed by atoms with Crippen molar-refractivity contribution in [1.29, 1.82) is 0 Å². The van der Waals surface area contributed by atoms with E-state index in [1.807, 2.05) is 0 Å². The number of likely N-dealkylation sites (N-methyl/N-ethyl adjacent to an activating group) is 1. The monoisotopic (exact) mass is 280 g/mol. The predicted octanol–water partition coefficient (Wildman–Crippen LogP) is 3.71. The lowest BCUT2D eigenvalue weighted by Gasteiger charge is -2.27. The van der Waals surface area contributed by atoms with E-state index >= 15 is 0 Å². The molecule has 2 aromatic carbocycles. The van der Waals surface area contributed by atoms with Gasteiger partial charge in [-0.25, -0.2) is 0 Å². The zero-order valence-electron chi connectivity index (χ0n) is 13.0. The minimum absolute atomic E-state index is 0.391. The molecule has 1 aliphatic heterocycles. The summed E-state index contributed by atoms with van der Waals surface area (Å²) in [6.45, 7) is 7.48. The van der Waals surface area contributed by atoms with Crippen molar-refractivity contribution in [3.63, 3.8) is 0 Å². The Morgan fingerprint density at radius 2 is 1.86 bits per heavy atom. The maximum atomic E-state index is 3.63. The van der Waals surface area contributed by atoms with E-state index in [0.29, 0.717) is 6.04 Å². The first kappa shape index (κ1) is 14.2. The van der Waals surface area contributed by atoms with Gasteiger partial charge in [0.1, 0.15) is 0 Å². The maximum absolute atomic E-state index is 3.63. The van der Waals surface area contributed by atoms with Crippen LogP contribution in [0, 0.1) is 6.92 Å². The van der Waals surface area contributed by atoms with Crippen LogP contribution in [0.5, 0.6) is 0 Å². The number of fused-ring (bicyclic) bond motifs is 1. The summed E-state index contributed by atoms with van der Waals surface area (Å²) in [5, 5.41) is 3.63. The highest BCUT2D eigenvalue weighted by molar-refractivity contribution is 5.58. The molecule has 21 heavy (non-hydrogen) atoms. The maximum Gasteiger partial charge on any atom is 0.0498 e. The van der Waals surface area contributed by atoms with Gasteiger partial charge in [0.2, 0.25) is 0 Å². The summed E-state index contributed by atoms with van der Waals surface area (Å²) in [6.07, 6.45) is 1.17. The van der Waals surface area contributed by atoms with Gasteiger partial charge in [0.15, 0.2) is 0 Å². The lowest BCUT2D eigenvalue weighted by Crippen LogP contribution is -2.34. The third kappa shape index (κ3) is 3.11. The summed E-state index contributed by atoms with van der Waals surface area (Å²) in [6, 6.07) is 18.1. The van der Waals surface area contributed by atoms with Crippen LogP contribution in [0.1, 0.15) is 29.7 Å². The molecule has 1 aliphatic rings. The van der Waals surface area contributed by atoms with Crippen molar-refractivity contribution in [3.05, 3.63) is 65.2 Å². The molecule has 1 atom stereocenters. The van der Waals surface area contributed by atoms with Gasteiger partial charge in [-0.05, 0) is 37.1 Å². The fraction of sp³-hybridized carbons (Fsp3) is 0.368. The highest BCUT2D eigenvalue weighted by atomic mass is 15.2. The first-order chi connectivity index (χ1) is 10.3. The molecule has 2 heteroatoms. The van der Waals surface area contributed by atoms with Crippen molar-refractivity contribution in [3.8, 4) is 0 Å². The SMILES string of the molecule is CCNC(CN1CCc2ccccc21)c1ccc(C)cc1. The molecular weight excluding hydrogens is 256 g/mol. The fourth-order valence-corrected chi connectivity index (χ4v) is 3.15. The molecule has 0 bridgehead atoms. The third-order valence-electron chi connectivity index (χ3n) is 4.32. The standard InChI is InChI=1S/C19H24N2/c1-3-20-18(16-10-8-15(2)9-11-16)14-21-13-12-17-6-4-5-7-19(17)21/h4-11,18,20H,3,12-14H2,1-2H3. The molecule has 2 nitrogen and oxygen atoms in total. The average Bonchev–Trinajstić information content (AvgIpc) is 2.91. The molecule has 0 radical (unpaired) electrons. The molecule has 2 aromatic rings. The largest absolute Gasteiger partial charge is 0.369 e. The highest BCUT2D eigenvalue weighted by Crippen LogP contribution is 2.29. The van der Waals surface area contributed by atoms with Crippen LogP contribution >= 0.6 is 0 Å². The fourth-order valence-electron chi connectivity index (χ4n) is 3.15. The Labute approximate surface area is 127 Å². The average molecular weight is 280 g/mol. The van der Waals surface area contributed by atoms with Crippen LogP contribution < -0.4 is 10.2 Å². The van der Waals surface area contributed by atoms with Crippen LogP contribution in [0.15, 0.2) is 48.5 Å². The van der Waals surface area contributed by atoms with Crippen LogP contribution in [0.4, 0.5) is 5.69 Å². The van der Waals surface area contributed by atoms with Gasteiger partial charge in [0.25, 0.3) is 0 Å². The second-order valence-corrected chi connectivity index (χ2v) is 5.85. The van der Waals surface area contributed by atoms with E-state index in [4.69, 9.17) is 0 Å². The summed E-state index contributed by atoms with van der Waals surface area (Å²) in [5.74, 6) is 0. The molecule has 0 aliphatic carbocycles. The number of benzene rings is 2. The quantitative estimate of drug-likeness (QED) is 0.898. The minimum Gasteiger partial charge on any atom is -0.369 e. The number of aryl methyl sites for hydroxylation is 1. The number of para-hydroxylation sites is 1. The van der Waals surface area contributed by atoms with E-state index in [9.17, 15) is 0 Å². The van der Waals surface area contributed by atoms with E-state index in [2.05, 4.69) is 72.6 Å². The summed E-state index contributed by atoms with van der Waals surface area (Å²) in [7, 11) is 0. The van der Waals surface area contributed by atoms with Crippen molar-refractivity contribution in [2.75, 3.05) is 24.5 Å². The Bertz CT molecular complexity index is 589. The first-order valence-corrected chi connectivity index (χ1v) is 7.90. The summed E-state index contributed by atoms with van der Waals surface area (Å²) < 4.78 is 0. The molecule has 3 rings (SSSR count). The van der Waals surface area contributed by atoms with Crippen LogP contribution in [-0.2, 0) is 6.42 Å². The number of hydrogen-bond acceptors (Lipinski definition) is 2. The number of nitrogens with zero attached hydrogens (tertiary/aromatic N) is 1. The molecule has 1 heterocycles. The zero-order valence-corrected chi connectivity index (χ0v) is 13.0. The van der Waals surface area contributed by atoms with Gasteiger partial charge >= 0.3 is 0 Å². The predicted molar refractivity (Wildman–Crippen MR) is 90.0 cm³/mol. The Balaban J connectivity index is 1.79. The van der Waals surface area contributed by atoms with Crippen LogP contribution in [0.25, 0.3) is 0 Å². The van der Waals surface area contributed by atoms with Crippen molar-refractivity contribution in [2.45, 2.75) is 26.3 Å². The summed E-state index contributed by atoms with van der Waals surface area (Å²) in [4.78, 5) is 2.52. The molecule has 0 saturated heterocycles. The molecule has 1 N–H and O–H groups in total. The number of anilines is 1. The van der Waals surface area contributed by atoms with Gasteiger partial charge in [-0.15, -0.1) is 0 Å². The lowest BCUT2D eigenvalue weighted by molar-refractivity contribution is 0.543. The van der Waals surface area contributed by atoms with Crippen molar-refractivity contribution >= 4 is 5.69 Å². The van der Waals surface area contributed by atoms with Gasteiger partial charge in [-0.3, -0.25) is 0 Å². The van der Waals surface area contributed by atoms with E-state index in [0.717, 1.165) is 19.6 Å². The van der Waals surface area contributed by atoms with Gasteiger partial charge < -0.3 is 10.2 Å². The second kappa shape index (κ2) is 6.31. The summed E-state index contributed by atoms with van der Waals surface area (Å²) in [5.41, 5.74) is 5.59. The Morgan fingerprint density at radius 1 is 1.10 bits per heavy atom. The van der Waals surface area contributed by atoms with Gasteiger partial charge in [-0.2, -0.15) is 0 Å². The molecule has 0 spiro atoms. The Morgan fingerprint density at radius 3 is 2.62 bits per heavy atom. The molecule has 0 aromatic heterocycles.